The fourth-order valence-electron chi connectivity index (χ4n) is 5.93. The molecule has 1 aromatic heterocycles. The van der Waals surface area contributed by atoms with Gasteiger partial charge in [0.1, 0.15) is 29.3 Å². The minimum absolute atomic E-state index is 0.0600. The summed E-state index contributed by atoms with van der Waals surface area (Å²) in [5, 5.41) is -0.0600. The van der Waals surface area contributed by atoms with E-state index in [9.17, 15) is 4.79 Å². The molecule has 0 spiro atoms. The van der Waals surface area contributed by atoms with Crippen molar-refractivity contribution in [1.29, 1.82) is 0 Å². The SMILES string of the molecule is COc1ccc(C(OC[C@H]2O[C@@H]3[C@@H](Oc4nc(=O)ccn43)[C@@H]2O[Si](C)(C)C(C)(C)C)(c2ccccc2)c2ccc(OC)cc2)cc1. The second-order valence-corrected chi connectivity index (χ2v) is 18.0. The minimum atomic E-state index is -2.31. The first kappa shape index (κ1) is 32.0. The van der Waals surface area contributed by atoms with Gasteiger partial charge in [0.05, 0.1) is 20.8 Å². The molecule has 0 unspecified atom stereocenters. The predicted octanol–water partition coefficient (Wildman–Crippen LogP) is 6.32. The highest BCUT2D eigenvalue weighted by molar-refractivity contribution is 6.74. The third kappa shape index (κ3) is 5.75. The number of methoxy groups -OCH3 is 2. The van der Waals surface area contributed by atoms with Crippen LogP contribution in [0.2, 0.25) is 18.1 Å². The van der Waals surface area contributed by atoms with E-state index in [1.54, 1.807) is 25.0 Å². The molecule has 3 heterocycles. The lowest BCUT2D eigenvalue weighted by Crippen LogP contribution is -2.51. The van der Waals surface area contributed by atoms with Crippen molar-refractivity contribution in [2.75, 3.05) is 20.8 Å². The Labute approximate surface area is 271 Å². The third-order valence-electron chi connectivity index (χ3n) is 9.48. The van der Waals surface area contributed by atoms with Gasteiger partial charge in [0.25, 0.3) is 5.56 Å². The number of benzene rings is 3. The monoisotopic (exact) mass is 642 g/mol. The van der Waals surface area contributed by atoms with Crippen molar-refractivity contribution < 1.29 is 28.1 Å². The smallest absolute Gasteiger partial charge is 0.302 e. The molecular weight excluding hydrogens is 600 g/mol. The predicted molar refractivity (Wildman–Crippen MR) is 177 cm³/mol. The summed E-state index contributed by atoms with van der Waals surface area (Å²) < 4.78 is 40.1. The van der Waals surface area contributed by atoms with E-state index in [4.69, 9.17) is 28.1 Å². The molecule has 0 radical (unpaired) electrons. The van der Waals surface area contributed by atoms with Gasteiger partial charge in [-0.05, 0) is 59.1 Å². The number of rotatable bonds is 10. The molecule has 1 fully saturated rings. The van der Waals surface area contributed by atoms with E-state index >= 15 is 0 Å². The fraction of sp³-hybridized carbons (Fsp3) is 0.389. The van der Waals surface area contributed by atoms with Crippen LogP contribution in [0.3, 0.4) is 0 Å². The van der Waals surface area contributed by atoms with Gasteiger partial charge in [0.15, 0.2) is 20.6 Å². The number of nitrogens with zero attached hydrogens (tertiary/aromatic N) is 2. The van der Waals surface area contributed by atoms with Crippen molar-refractivity contribution in [3.05, 3.63) is 118 Å². The Hall–Kier alpha value is -3.96. The van der Waals surface area contributed by atoms with E-state index in [-0.39, 0.29) is 23.2 Å². The Bertz CT molecular complexity index is 1650. The lowest BCUT2D eigenvalue weighted by Gasteiger charge is -2.41. The largest absolute Gasteiger partial charge is 0.497 e. The molecule has 1 saturated heterocycles. The summed E-state index contributed by atoms with van der Waals surface area (Å²) >= 11 is 0. The molecule has 2 aliphatic rings. The van der Waals surface area contributed by atoms with Gasteiger partial charge in [-0.1, -0.05) is 75.4 Å². The highest BCUT2D eigenvalue weighted by atomic mass is 28.4. The number of fused-ring (bicyclic) bond motifs is 3. The third-order valence-corrected chi connectivity index (χ3v) is 14.0. The maximum Gasteiger partial charge on any atom is 0.302 e. The van der Waals surface area contributed by atoms with Crippen LogP contribution in [0.5, 0.6) is 17.5 Å². The molecule has 2 aliphatic heterocycles. The lowest BCUT2D eigenvalue weighted by molar-refractivity contribution is -0.0917. The lowest BCUT2D eigenvalue weighted by atomic mass is 9.80. The van der Waals surface area contributed by atoms with E-state index in [2.05, 4.69) is 51.0 Å². The second-order valence-electron chi connectivity index (χ2n) is 13.3. The van der Waals surface area contributed by atoms with E-state index in [0.717, 1.165) is 28.2 Å². The second kappa shape index (κ2) is 12.3. The van der Waals surface area contributed by atoms with E-state index < -0.39 is 38.5 Å². The summed E-state index contributed by atoms with van der Waals surface area (Å²) in [5.41, 5.74) is 1.42. The average Bonchev–Trinajstić information content (AvgIpc) is 3.56. The molecule has 0 bridgehead atoms. The van der Waals surface area contributed by atoms with E-state index in [1.807, 2.05) is 66.7 Å². The molecule has 0 amide bonds. The van der Waals surface area contributed by atoms with Gasteiger partial charge in [-0.15, -0.1) is 0 Å². The van der Waals surface area contributed by atoms with Gasteiger partial charge in [0.2, 0.25) is 0 Å². The van der Waals surface area contributed by atoms with Crippen LogP contribution < -0.4 is 19.8 Å². The number of aromatic nitrogens is 2. The molecule has 10 heteroatoms. The zero-order valence-electron chi connectivity index (χ0n) is 27.4. The molecular formula is C36H42N2O7Si. The number of ether oxygens (including phenoxy) is 5. The first-order valence-electron chi connectivity index (χ1n) is 15.5. The van der Waals surface area contributed by atoms with Crippen molar-refractivity contribution in [1.82, 2.24) is 9.55 Å². The van der Waals surface area contributed by atoms with Crippen LogP contribution in [0.15, 0.2) is 95.9 Å². The summed E-state index contributed by atoms with van der Waals surface area (Å²) in [4.78, 5) is 16.1. The molecule has 4 atom stereocenters. The molecule has 0 aliphatic carbocycles. The van der Waals surface area contributed by atoms with E-state index in [0.29, 0.717) is 0 Å². The van der Waals surface area contributed by atoms with Gasteiger partial charge < -0.3 is 28.1 Å². The van der Waals surface area contributed by atoms with Crippen LogP contribution >= 0.6 is 0 Å². The van der Waals surface area contributed by atoms with Crippen molar-refractivity contribution in [3.8, 4) is 17.5 Å². The van der Waals surface area contributed by atoms with Gasteiger partial charge >= 0.3 is 6.01 Å². The molecule has 0 saturated carbocycles. The summed E-state index contributed by atoms with van der Waals surface area (Å²) in [5.74, 6) is 1.50. The normalized spacial score (nSPS) is 20.9. The molecule has 46 heavy (non-hydrogen) atoms. The van der Waals surface area contributed by atoms with Crippen LogP contribution in [0.1, 0.15) is 43.7 Å². The number of hydrogen-bond acceptors (Lipinski definition) is 8. The summed E-state index contributed by atoms with van der Waals surface area (Å²) in [6, 6.07) is 27.7. The Kier molecular flexibility index (Phi) is 8.58. The summed E-state index contributed by atoms with van der Waals surface area (Å²) in [6.07, 6.45) is -0.297. The Morgan fingerprint density at radius 1 is 0.826 bits per heavy atom. The summed E-state index contributed by atoms with van der Waals surface area (Å²) in [6.45, 7) is 11.2. The molecule has 9 nitrogen and oxygen atoms in total. The first-order valence-corrected chi connectivity index (χ1v) is 18.5. The van der Waals surface area contributed by atoms with Gasteiger partial charge in [-0.2, -0.15) is 4.98 Å². The average molecular weight is 643 g/mol. The Morgan fingerprint density at radius 3 is 1.93 bits per heavy atom. The quantitative estimate of drug-likeness (QED) is 0.147. The van der Waals surface area contributed by atoms with Crippen molar-refractivity contribution in [2.45, 2.75) is 69.0 Å². The maximum atomic E-state index is 12.0. The molecule has 4 aromatic rings. The highest BCUT2D eigenvalue weighted by Crippen LogP contribution is 2.47. The van der Waals surface area contributed by atoms with Crippen molar-refractivity contribution >= 4 is 8.32 Å². The zero-order chi connectivity index (χ0) is 32.7. The molecule has 6 rings (SSSR count). The Morgan fingerprint density at radius 2 is 1.39 bits per heavy atom. The van der Waals surface area contributed by atoms with Gasteiger partial charge in [0, 0.05) is 12.3 Å². The minimum Gasteiger partial charge on any atom is -0.497 e. The Balaban J connectivity index is 1.43. The maximum absolute atomic E-state index is 12.0. The topological polar surface area (TPSA) is 90.3 Å². The highest BCUT2D eigenvalue weighted by Gasteiger charge is 2.56. The van der Waals surface area contributed by atoms with Crippen LogP contribution in [0.25, 0.3) is 0 Å². The summed E-state index contributed by atoms with van der Waals surface area (Å²) in [7, 11) is 1.00. The van der Waals surface area contributed by atoms with Crippen molar-refractivity contribution in [2.24, 2.45) is 0 Å². The molecule has 242 valence electrons. The standard InChI is InChI=1S/C36H42N2O7Si/c1-35(2,3)46(6,7)45-31-29(43-33-32(31)44-34-37-30(39)21-22-38(33)34)23-42-36(24-11-9-8-10-12-24,25-13-17-27(40-4)18-14-25)26-15-19-28(41-5)20-16-26/h8-22,29,31-33H,23H2,1-7H3/t29-,31-,32+,33-/m1/s1. The van der Waals surface area contributed by atoms with Crippen molar-refractivity contribution in [3.63, 3.8) is 0 Å². The molecule has 0 N–H and O–H groups in total. The fourth-order valence-corrected chi connectivity index (χ4v) is 7.25. The van der Waals surface area contributed by atoms with Crippen LogP contribution in [-0.2, 0) is 19.5 Å². The van der Waals surface area contributed by atoms with Crippen LogP contribution in [0, 0.1) is 0 Å². The van der Waals surface area contributed by atoms with Gasteiger partial charge in [-0.25, -0.2) is 0 Å². The van der Waals surface area contributed by atoms with E-state index in [1.165, 1.54) is 6.07 Å². The van der Waals surface area contributed by atoms with Gasteiger partial charge in [-0.3, -0.25) is 9.36 Å². The van der Waals surface area contributed by atoms with Crippen LogP contribution in [-0.4, -0.2) is 57.0 Å². The molecule has 3 aromatic carbocycles. The first-order chi connectivity index (χ1) is 22.0. The number of hydrogen-bond donors (Lipinski definition) is 0. The van der Waals surface area contributed by atoms with Crippen LogP contribution in [0.4, 0.5) is 0 Å². The zero-order valence-corrected chi connectivity index (χ0v) is 28.4.